The molecule has 3 aromatic rings. The van der Waals surface area contributed by atoms with Gasteiger partial charge in [0, 0.05) is 12.7 Å². The molecule has 1 aliphatic rings. The first-order valence-electron chi connectivity index (χ1n) is 10.2. The Labute approximate surface area is 200 Å². The monoisotopic (exact) mass is 472 g/mol. The van der Waals surface area contributed by atoms with Crippen LogP contribution in [-0.4, -0.2) is 33.5 Å². The van der Waals surface area contributed by atoms with Crippen LogP contribution in [0.3, 0.4) is 0 Å². The van der Waals surface area contributed by atoms with E-state index >= 15 is 0 Å². The van der Waals surface area contributed by atoms with Gasteiger partial charge >= 0.3 is 5.97 Å². The molecule has 1 aliphatic heterocycles. The molecule has 0 aliphatic carbocycles. The number of hydrogen-bond acceptors (Lipinski definition) is 5. The standard InChI is InChI=1S/C24H24N4O2.2ClH/c1-2-30-24(29)23-12-19-5-3-4-6-20(19)15-28(23)22(21-14-26-16-27-21)11-17-7-9-18(13-25)10-8-17;;/h3-10,14,16,22-23H,2,11-12,15H2,1H3,(H,26,27);2*1H/t22?,23-;;/m0../s1. The summed E-state index contributed by atoms with van der Waals surface area (Å²) in [4.78, 5) is 22.6. The molecule has 0 amide bonds. The number of H-pyrrole nitrogens is 1. The van der Waals surface area contributed by atoms with Crippen LogP contribution >= 0.6 is 24.8 Å². The third-order valence-electron chi connectivity index (χ3n) is 5.63. The van der Waals surface area contributed by atoms with Gasteiger partial charge in [-0.05, 0) is 48.6 Å². The van der Waals surface area contributed by atoms with Crippen molar-refractivity contribution in [1.82, 2.24) is 14.9 Å². The second kappa shape index (κ2) is 11.7. The fraction of sp³-hybridized carbons (Fsp3) is 0.292. The highest BCUT2D eigenvalue weighted by Crippen LogP contribution is 2.33. The SMILES string of the molecule is CCOC(=O)[C@@H]1Cc2ccccc2CN1C(Cc1ccc(C#N)cc1)c1cnc[nH]1.Cl.Cl. The van der Waals surface area contributed by atoms with Crippen molar-refractivity contribution in [2.45, 2.75) is 38.4 Å². The molecule has 0 radical (unpaired) electrons. The number of ether oxygens (including phenoxy) is 1. The maximum absolute atomic E-state index is 12.9. The van der Waals surface area contributed by atoms with Gasteiger partial charge in [0.15, 0.2) is 0 Å². The molecular weight excluding hydrogens is 447 g/mol. The van der Waals surface area contributed by atoms with Gasteiger partial charge in [0.1, 0.15) is 6.04 Å². The minimum Gasteiger partial charge on any atom is -0.465 e. The summed E-state index contributed by atoms with van der Waals surface area (Å²) in [5.74, 6) is -0.198. The van der Waals surface area contributed by atoms with Crippen LogP contribution in [0.5, 0.6) is 0 Å². The van der Waals surface area contributed by atoms with E-state index < -0.39 is 0 Å². The van der Waals surface area contributed by atoms with Crippen molar-refractivity contribution in [2.75, 3.05) is 6.61 Å². The lowest BCUT2D eigenvalue weighted by Crippen LogP contribution is -2.48. The highest BCUT2D eigenvalue weighted by atomic mass is 35.5. The number of aromatic nitrogens is 2. The number of halogens is 2. The van der Waals surface area contributed by atoms with Crippen LogP contribution in [0.15, 0.2) is 61.1 Å². The van der Waals surface area contributed by atoms with Crippen LogP contribution in [-0.2, 0) is 28.9 Å². The van der Waals surface area contributed by atoms with Gasteiger partial charge in [0.25, 0.3) is 0 Å². The smallest absolute Gasteiger partial charge is 0.323 e. The molecule has 2 atom stereocenters. The Balaban J connectivity index is 0.00000181. The minimum atomic E-state index is -0.369. The maximum atomic E-state index is 12.9. The van der Waals surface area contributed by atoms with Crippen molar-refractivity contribution in [3.8, 4) is 6.07 Å². The molecule has 1 N–H and O–H groups in total. The number of benzene rings is 2. The summed E-state index contributed by atoms with van der Waals surface area (Å²) in [7, 11) is 0. The van der Waals surface area contributed by atoms with E-state index in [2.05, 4.69) is 33.1 Å². The molecule has 32 heavy (non-hydrogen) atoms. The molecule has 0 saturated carbocycles. The number of nitrogens with zero attached hydrogens (tertiary/aromatic N) is 3. The van der Waals surface area contributed by atoms with Crippen molar-refractivity contribution in [3.05, 3.63) is 89.0 Å². The van der Waals surface area contributed by atoms with E-state index in [0.717, 1.165) is 11.3 Å². The summed E-state index contributed by atoms with van der Waals surface area (Å²) in [6.07, 6.45) is 4.79. The molecule has 2 aromatic carbocycles. The molecule has 0 saturated heterocycles. The number of fused-ring (bicyclic) bond motifs is 1. The summed E-state index contributed by atoms with van der Waals surface area (Å²) < 4.78 is 5.43. The molecule has 4 rings (SSSR count). The van der Waals surface area contributed by atoms with E-state index in [1.165, 1.54) is 11.1 Å². The molecule has 1 unspecified atom stereocenters. The minimum absolute atomic E-state index is 0. The number of hydrogen-bond donors (Lipinski definition) is 1. The zero-order valence-corrected chi connectivity index (χ0v) is 19.4. The highest BCUT2D eigenvalue weighted by molar-refractivity contribution is 5.85. The summed E-state index contributed by atoms with van der Waals surface area (Å²) in [5.41, 5.74) is 5.09. The largest absolute Gasteiger partial charge is 0.465 e. The van der Waals surface area contributed by atoms with Gasteiger partial charge in [-0.2, -0.15) is 5.26 Å². The van der Waals surface area contributed by atoms with Crippen LogP contribution in [0.4, 0.5) is 0 Å². The third-order valence-corrected chi connectivity index (χ3v) is 5.63. The Morgan fingerprint density at radius 2 is 1.94 bits per heavy atom. The maximum Gasteiger partial charge on any atom is 0.323 e. The fourth-order valence-corrected chi connectivity index (χ4v) is 4.12. The Morgan fingerprint density at radius 3 is 2.56 bits per heavy atom. The molecular formula is C24H26Cl2N4O2. The Kier molecular flexibility index (Phi) is 9.27. The Bertz CT molecular complexity index is 1050. The molecule has 6 nitrogen and oxygen atoms in total. The van der Waals surface area contributed by atoms with Gasteiger partial charge < -0.3 is 9.72 Å². The van der Waals surface area contributed by atoms with Crippen molar-refractivity contribution >= 4 is 30.8 Å². The lowest BCUT2D eigenvalue weighted by atomic mass is 9.90. The van der Waals surface area contributed by atoms with Crippen molar-refractivity contribution < 1.29 is 9.53 Å². The van der Waals surface area contributed by atoms with E-state index in [9.17, 15) is 4.79 Å². The number of carbonyl (C=O) groups excluding carboxylic acids is 1. The van der Waals surface area contributed by atoms with E-state index in [-0.39, 0.29) is 42.9 Å². The lowest BCUT2D eigenvalue weighted by molar-refractivity contribution is -0.151. The number of rotatable bonds is 6. The first-order chi connectivity index (χ1) is 14.7. The molecule has 1 aromatic heterocycles. The Hall–Kier alpha value is -2.85. The highest BCUT2D eigenvalue weighted by Gasteiger charge is 2.37. The van der Waals surface area contributed by atoms with Crippen molar-refractivity contribution in [3.63, 3.8) is 0 Å². The van der Waals surface area contributed by atoms with Crippen molar-refractivity contribution in [2.24, 2.45) is 0 Å². The number of nitriles is 1. The number of carbonyl (C=O) groups is 1. The van der Waals surface area contributed by atoms with Gasteiger partial charge in [-0.15, -0.1) is 24.8 Å². The predicted octanol–water partition coefficient (Wildman–Crippen LogP) is 4.40. The number of imidazole rings is 1. The van der Waals surface area contributed by atoms with Gasteiger partial charge in [-0.3, -0.25) is 9.69 Å². The lowest BCUT2D eigenvalue weighted by Gasteiger charge is -2.40. The summed E-state index contributed by atoms with van der Waals surface area (Å²) in [6.45, 7) is 2.84. The second-order valence-electron chi connectivity index (χ2n) is 7.45. The molecule has 0 fully saturated rings. The number of aromatic amines is 1. The molecule has 8 heteroatoms. The summed E-state index contributed by atoms with van der Waals surface area (Å²) >= 11 is 0. The van der Waals surface area contributed by atoms with E-state index in [1.807, 2.05) is 49.5 Å². The fourth-order valence-electron chi connectivity index (χ4n) is 4.12. The second-order valence-corrected chi connectivity index (χ2v) is 7.45. The molecule has 168 valence electrons. The number of esters is 1. The van der Waals surface area contributed by atoms with E-state index in [1.54, 1.807) is 6.33 Å². The van der Waals surface area contributed by atoms with Crippen LogP contribution in [0.25, 0.3) is 0 Å². The van der Waals surface area contributed by atoms with Crippen LogP contribution in [0.2, 0.25) is 0 Å². The zero-order chi connectivity index (χ0) is 20.9. The molecule has 0 bridgehead atoms. The van der Waals surface area contributed by atoms with Gasteiger partial charge in [-0.1, -0.05) is 36.4 Å². The summed E-state index contributed by atoms with van der Waals surface area (Å²) in [6, 6.07) is 17.6. The molecule has 2 heterocycles. The quantitative estimate of drug-likeness (QED) is 0.537. The van der Waals surface area contributed by atoms with Gasteiger partial charge in [0.05, 0.1) is 36.3 Å². The van der Waals surface area contributed by atoms with Gasteiger partial charge in [0.2, 0.25) is 0 Å². The average Bonchev–Trinajstić information content (AvgIpc) is 3.32. The topological polar surface area (TPSA) is 82.0 Å². The van der Waals surface area contributed by atoms with Crippen molar-refractivity contribution in [1.29, 1.82) is 5.26 Å². The van der Waals surface area contributed by atoms with Crippen LogP contribution in [0, 0.1) is 11.3 Å². The van der Waals surface area contributed by atoms with Gasteiger partial charge in [-0.25, -0.2) is 4.98 Å². The number of nitrogens with one attached hydrogen (secondary N) is 1. The first-order valence-corrected chi connectivity index (χ1v) is 10.2. The Morgan fingerprint density at radius 1 is 1.22 bits per heavy atom. The predicted molar refractivity (Wildman–Crippen MR) is 127 cm³/mol. The zero-order valence-electron chi connectivity index (χ0n) is 17.7. The van der Waals surface area contributed by atoms with Crippen LogP contribution in [0.1, 0.15) is 40.9 Å². The summed E-state index contributed by atoms with van der Waals surface area (Å²) in [5, 5.41) is 9.08. The third kappa shape index (κ3) is 5.49. The average molecular weight is 473 g/mol. The van der Waals surface area contributed by atoms with Crippen LogP contribution < -0.4 is 0 Å². The first kappa shape index (κ1) is 25.4. The normalized spacial score (nSPS) is 15.9. The van der Waals surface area contributed by atoms with E-state index in [4.69, 9.17) is 10.00 Å². The van der Waals surface area contributed by atoms with E-state index in [0.29, 0.717) is 31.6 Å². The molecule has 0 spiro atoms.